The number of thiophene rings is 1. The minimum Gasteiger partial charge on any atom is -0.393 e. The van der Waals surface area contributed by atoms with Crippen LogP contribution < -0.4 is 4.90 Å². The predicted molar refractivity (Wildman–Crippen MR) is 113 cm³/mol. The Balaban J connectivity index is 1.71. The standard InChI is InChI=1S/C19H26BrNO2S2/c1-11-2-4-12(5-3-11)18-21(13-6-8-14(22)9-7-13)15-10-16(20)24-17(15)19(23)25-18/h10-14,22-23H,2-9H2,1H3. The molecule has 0 spiro atoms. The van der Waals surface area contributed by atoms with Crippen molar-refractivity contribution in [3.05, 3.63) is 14.7 Å². The van der Waals surface area contributed by atoms with Crippen molar-refractivity contribution in [1.29, 1.82) is 0 Å². The van der Waals surface area contributed by atoms with Crippen molar-refractivity contribution in [3.63, 3.8) is 0 Å². The lowest BCUT2D eigenvalue weighted by atomic mass is 9.82. The Kier molecular flexibility index (Phi) is 5.45. The number of aliphatic hydroxyl groups excluding tert-OH is 2. The Hall–Kier alpha value is -0.140. The van der Waals surface area contributed by atoms with E-state index in [1.807, 2.05) is 0 Å². The van der Waals surface area contributed by atoms with Crippen LogP contribution in [-0.2, 0) is 0 Å². The fourth-order valence-electron chi connectivity index (χ4n) is 4.48. The van der Waals surface area contributed by atoms with E-state index in [9.17, 15) is 10.2 Å². The molecular formula is C19H26BrNO2S2. The summed E-state index contributed by atoms with van der Waals surface area (Å²) in [6, 6.07) is 2.62. The van der Waals surface area contributed by atoms with E-state index in [1.54, 1.807) is 22.3 Å². The van der Waals surface area contributed by atoms with Gasteiger partial charge in [0, 0.05) is 12.0 Å². The van der Waals surface area contributed by atoms with E-state index in [0.29, 0.717) is 17.0 Å². The van der Waals surface area contributed by atoms with Crippen molar-refractivity contribution in [1.82, 2.24) is 0 Å². The fourth-order valence-corrected chi connectivity index (χ4v) is 7.29. The SMILES string of the molecule is CC1CCC(C2=S=C(O)c3sc(Br)cc3N2C2CCC(O)CC2)CC1. The molecule has 3 aliphatic rings. The number of aliphatic hydroxyl groups is 2. The molecule has 2 saturated carbocycles. The van der Waals surface area contributed by atoms with Crippen LogP contribution in [0.2, 0.25) is 0 Å². The lowest BCUT2D eigenvalue weighted by Crippen LogP contribution is -2.47. The van der Waals surface area contributed by atoms with E-state index in [4.69, 9.17) is 0 Å². The molecule has 1 aromatic rings. The van der Waals surface area contributed by atoms with Crippen molar-refractivity contribution in [2.75, 3.05) is 4.90 Å². The Morgan fingerprint density at radius 1 is 1.08 bits per heavy atom. The number of anilines is 1. The van der Waals surface area contributed by atoms with Gasteiger partial charge >= 0.3 is 0 Å². The third-order valence-electron chi connectivity index (χ3n) is 5.97. The maximum absolute atomic E-state index is 10.7. The van der Waals surface area contributed by atoms with Crippen molar-refractivity contribution < 1.29 is 10.2 Å². The lowest BCUT2D eigenvalue weighted by molar-refractivity contribution is 0.123. The van der Waals surface area contributed by atoms with Gasteiger partial charge < -0.3 is 15.1 Å². The monoisotopic (exact) mass is 443 g/mol. The summed E-state index contributed by atoms with van der Waals surface area (Å²) in [6.07, 6.45) is 8.71. The van der Waals surface area contributed by atoms with E-state index in [1.165, 1.54) is 36.4 Å². The summed E-state index contributed by atoms with van der Waals surface area (Å²) in [5.41, 5.74) is 1.17. The van der Waals surface area contributed by atoms with E-state index in [0.717, 1.165) is 40.3 Å². The summed E-state index contributed by atoms with van der Waals surface area (Å²) >= 11 is 5.23. The molecule has 4 rings (SSSR count). The highest BCUT2D eigenvalue weighted by atomic mass is 79.9. The molecular weight excluding hydrogens is 418 g/mol. The van der Waals surface area contributed by atoms with Gasteiger partial charge in [0.15, 0.2) is 0 Å². The zero-order chi connectivity index (χ0) is 17.6. The van der Waals surface area contributed by atoms with Crippen LogP contribution in [-0.4, -0.2) is 32.4 Å². The summed E-state index contributed by atoms with van der Waals surface area (Å²) in [7, 11) is 1.59. The number of halogens is 1. The molecule has 2 heterocycles. The first-order valence-electron chi connectivity index (χ1n) is 9.40. The molecule has 2 N–H and O–H groups in total. The molecule has 3 nitrogen and oxygen atoms in total. The molecule has 0 bridgehead atoms. The average Bonchev–Trinajstić information content (AvgIpc) is 2.99. The Morgan fingerprint density at radius 3 is 2.44 bits per heavy atom. The molecule has 6 heteroatoms. The fraction of sp³-hybridized carbons (Fsp3) is 0.684. The molecule has 0 atom stereocenters. The maximum atomic E-state index is 10.7. The van der Waals surface area contributed by atoms with Crippen molar-refractivity contribution in [2.45, 2.75) is 70.4 Å². The zero-order valence-corrected chi connectivity index (χ0v) is 17.8. The van der Waals surface area contributed by atoms with Crippen LogP contribution in [0.4, 0.5) is 5.69 Å². The van der Waals surface area contributed by atoms with Gasteiger partial charge in [-0.3, -0.25) is 0 Å². The maximum Gasteiger partial charge on any atom is 0.147 e. The largest absolute Gasteiger partial charge is 0.393 e. The summed E-state index contributed by atoms with van der Waals surface area (Å²) in [5.74, 6) is 1.38. The Morgan fingerprint density at radius 2 is 1.76 bits per heavy atom. The number of fused-ring (bicyclic) bond motifs is 1. The third kappa shape index (κ3) is 3.65. The first-order chi connectivity index (χ1) is 12.0. The molecule has 138 valence electrons. The molecule has 2 fully saturated rings. The Labute approximate surface area is 165 Å². The number of hydrogen-bond acceptors (Lipinski definition) is 3. The van der Waals surface area contributed by atoms with Crippen LogP contribution in [0.5, 0.6) is 0 Å². The second kappa shape index (κ2) is 7.47. The molecule has 1 aromatic heterocycles. The molecule has 0 amide bonds. The molecule has 2 aliphatic carbocycles. The second-order valence-electron chi connectivity index (χ2n) is 7.80. The molecule has 0 radical (unpaired) electrons. The van der Waals surface area contributed by atoms with Gasteiger partial charge in [-0.2, -0.15) is 0 Å². The van der Waals surface area contributed by atoms with Crippen LogP contribution >= 0.6 is 38.2 Å². The number of rotatable bonds is 2. The summed E-state index contributed by atoms with van der Waals surface area (Å²) in [4.78, 5) is 4.88. The van der Waals surface area contributed by atoms with Crippen LogP contribution in [0, 0.1) is 11.8 Å². The summed E-state index contributed by atoms with van der Waals surface area (Å²) < 4.78 is 1.07. The minimum atomic E-state index is -0.138. The van der Waals surface area contributed by atoms with Gasteiger partial charge in [-0.1, -0.05) is 30.7 Å². The van der Waals surface area contributed by atoms with Crippen molar-refractivity contribution >= 4 is 53.9 Å². The zero-order valence-electron chi connectivity index (χ0n) is 14.6. The lowest BCUT2D eigenvalue weighted by Gasteiger charge is -2.42. The van der Waals surface area contributed by atoms with E-state index >= 15 is 0 Å². The first kappa shape index (κ1) is 18.2. The van der Waals surface area contributed by atoms with Gasteiger partial charge in [0.05, 0.1) is 25.4 Å². The van der Waals surface area contributed by atoms with Gasteiger partial charge in [-0.05, 0) is 66.4 Å². The van der Waals surface area contributed by atoms with Crippen LogP contribution in [0.25, 0.3) is 0 Å². The molecule has 0 aromatic carbocycles. The third-order valence-corrected chi connectivity index (χ3v) is 8.87. The van der Waals surface area contributed by atoms with Gasteiger partial charge in [0.1, 0.15) is 5.05 Å². The molecule has 1 aliphatic heterocycles. The quantitative estimate of drug-likeness (QED) is 0.604. The highest BCUT2D eigenvalue weighted by molar-refractivity contribution is 9.11. The predicted octanol–water partition coefficient (Wildman–Crippen LogP) is 5.36. The highest BCUT2D eigenvalue weighted by Gasteiger charge is 2.36. The molecule has 0 saturated heterocycles. The highest BCUT2D eigenvalue weighted by Crippen LogP contribution is 2.43. The number of hydrogen-bond donors (Lipinski definition) is 2. The van der Waals surface area contributed by atoms with Gasteiger partial charge in [0.25, 0.3) is 0 Å². The van der Waals surface area contributed by atoms with Crippen LogP contribution in [0.1, 0.15) is 63.2 Å². The van der Waals surface area contributed by atoms with Gasteiger partial charge in [-0.25, -0.2) is 0 Å². The van der Waals surface area contributed by atoms with E-state index in [-0.39, 0.29) is 6.10 Å². The van der Waals surface area contributed by atoms with Gasteiger partial charge in [-0.15, -0.1) is 11.3 Å². The molecule has 0 unspecified atom stereocenters. The van der Waals surface area contributed by atoms with Crippen molar-refractivity contribution in [3.8, 4) is 0 Å². The van der Waals surface area contributed by atoms with E-state index < -0.39 is 0 Å². The molecule has 25 heavy (non-hydrogen) atoms. The first-order valence-corrected chi connectivity index (χ1v) is 11.8. The summed E-state index contributed by atoms with van der Waals surface area (Å²) in [5, 5.41) is 21.1. The topological polar surface area (TPSA) is 43.7 Å². The van der Waals surface area contributed by atoms with Crippen molar-refractivity contribution in [2.24, 2.45) is 11.8 Å². The number of nitrogens with zero attached hydrogens (tertiary/aromatic N) is 1. The van der Waals surface area contributed by atoms with Gasteiger partial charge in [0.2, 0.25) is 0 Å². The average molecular weight is 444 g/mol. The van der Waals surface area contributed by atoms with E-state index in [2.05, 4.69) is 33.8 Å². The van der Waals surface area contributed by atoms with Crippen LogP contribution in [0.3, 0.4) is 0 Å². The van der Waals surface area contributed by atoms with Crippen LogP contribution in [0.15, 0.2) is 9.85 Å². The minimum absolute atomic E-state index is 0.138. The smallest absolute Gasteiger partial charge is 0.147 e. The second-order valence-corrected chi connectivity index (χ2v) is 11.2. The summed E-state index contributed by atoms with van der Waals surface area (Å²) in [6.45, 7) is 2.35. The Bertz CT molecular complexity index is 709. The normalized spacial score (nSPS) is 33.2.